The van der Waals surface area contributed by atoms with Crippen LogP contribution >= 0.6 is 0 Å². The molecule has 0 spiro atoms. The van der Waals surface area contributed by atoms with Gasteiger partial charge < -0.3 is 4.74 Å². The molecule has 2 radical (unpaired) electrons. The average molecular weight is 83.9 g/mol. The molecule has 0 aromatic rings. The minimum Gasteiger partial charge on any atom is -0.385 e. The lowest BCUT2D eigenvalue weighted by molar-refractivity contribution is 0.199. The normalized spacial score (nSPS) is 8.83. The molecular weight excluding hydrogens is 74.9 g/mol. The zero-order chi connectivity index (χ0) is 4.83. The molecule has 0 amide bonds. The van der Waals surface area contributed by atoms with E-state index in [0.29, 0.717) is 0 Å². The molecule has 0 fully saturated rings. The second kappa shape index (κ2) is 5.02. The maximum absolute atomic E-state index is 5.13. The second-order valence-corrected chi connectivity index (χ2v) is 1.14. The molecule has 0 rings (SSSR count). The van der Waals surface area contributed by atoms with Crippen molar-refractivity contribution in [1.82, 2.24) is 0 Å². The van der Waals surface area contributed by atoms with Gasteiger partial charge in [0.15, 0.2) is 0 Å². The molecule has 0 saturated heterocycles. The summed E-state index contributed by atoms with van der Waals surface area (Å²) in [4.78, 5) is 0. The number of hydrogen-bond acceptors (Lipinski definition) is 1. The van der Waals surface area contributed by atoms with Gasteiger partial charge in [-0.3, -0.25) is 0 Å². The highest BCUT2D eigenvalue weighted by Crippen LogP contribution is 1.81. The van der Waals surface area contributed by atoms with Gasteiger partial charge in [0, 0.05) is 13.7 Å². The monoisotopic (exact) mass is 84.1 g/mol. The first-order valence-corrected chi connectivity index (χ1v) is 2.11. The molecular formula is C4H9BO. The molecule has 0 aromatic carbocycles. The largest absolute Gasteiger partial charge is 0.385 e. The lowest BCUT2D eigenvalue weighted by atomic mass is 10.0. The van der Waals surface area contributed by atoms with Gasteiger partial charge in [-0.05, 0) is 6.42 Å². The Kier molecular flexibility index (Phi) is 5.05. The third-order valence-electron chi connectivity index (χ3n) is 0.553. The Morgan fingerprint density at radius 2 is 2.33 bits per heavy atom. The van der Waals surface area contributed by atoms with Crippen molar-refractivity contribution in [3.05, 3.63) is 0 Å². The van der Waals surface area contributed by atoms with Gasteiger partial charge in [0.25, 0.3) is 0 Å². The minimum absolute atomic E-state index is 0.730. The molecule has 34 valence electrons. The molecule has 0 aliphatic rings. The van der Waals surface area contributed by atoms with Crippen molar-refractivity contribution in [3.8, 4) is 0 Å². The average Bonchev–Trinajstić information content (AvgIpc) is 1.61. The zero-order valence-electron chi connectivity index (χ0n) is 4.11. The van der Waals surface area contributed by atoms with Crippen LogP contribution in [-0.4, -0.2) is 21.6 Å². The van der Waals surface area contributed by atoms with Crippen LogP contribution in [0.4, 0.5) is 0 Å². The topological polar surface area (TPSA) is 9.23 Å². The summed E-state index contributed by atoms with van der Waals surface area (Å²) >= 11 is 0. The fourth-order valence-corrected chi connectivity index (χ4v) is 0.228. The van der Waals surface area contributed by atoms with E-state index in [1.807, 2.05) is 0 Å². The fraction of sp³-hybridized carbons (Fsp3) is 1.00. The van der Waals surface area contributed by atoms with Crippen LogP contribution in [0, 0.1) is 0 Å². The maximum atomic E-state index is 5.13. The number of rotatable bonds is 3. The van der Waals surface area contributed by atoms with Crippen LogP contribution in [0.15, 0.2) is 0 Å². The summed E-state index contributed by atoms with van der Waals surface area (Å²) in [5.74, 6) is 0. The van der Waals surface area contributed by atoms with Crippen LogP contribution in [0.1, 0.15) is 6.42 Å². The lowest BCUT2D eigenvalue weighted by Gasteiger charge is -1.89. The van der Waals surface area contributed by atoms with Crippen LogP contribution in [0.5, 0.6) is 0 Å². The minimum atomic E-state index is 0.730. The van der Waals surface area contributed by atoms with E-state index in [0.717, 1.165) is 19.3 Å². The van der Waals surface area contributed by atoms with E-state index in [1.54, 1.807) is 7.11 Å². The van der Waals surface area contributed by atoms with Gasteiger partial charge in [0.2, 0.25) is 0 Å². The van der Waals surface area contributed by atoms with E-state index in [1.165, 1.54) is 0 Å². The summed E-state index contributed by atoms with van der Waals surface area (Å²) in [6.45, 7) is 0.788. The Bertz CT molecular complexity index is 19.5. The molecule has 6 heavy (non-hydrogen) atoms. The van der Waals surface area contributed by atoms with Gasteiger partial charge in [-0.2, -0.15) is 0 Å². The smallest absolute Gasteiger partial charge is 0.0654 e. The fourth-order valence-electron chi connectivity index (χ4n) is 0.228. The van der Waals surface area contributed by atoms with Crippen molar-refractivity contribution in [2.45, 2.75) is 12.7 Å². The Morgan fingerprint density at radius 3 is 2.50 bits per heavy atom. The molecule has 1 nitrogen and oxygen atoms in total. The van der Waals surface area contributed by atoms with Gasteiger partial charge in [0.05, 0.1) is 7.85 Å². The Morgan fingerprint density at radius 1 is 1.67 bits per heavy atom. The van der Waals surface area contributed by atoms with Crippen LogP contribution in [0.2, 0.25) is 6.32 Å². The predicted molar refractivity (Wildman–Crippen MR) is 27.1 cm³/mol. The van der Waals surface area contributed by atoms with Crippen molar-refractivity contribution in [3.63, 3.8) is 0 Å². The van der Waals surface area contributed by atoms with Crippen molar-refractivity contribution in [2.75, 3.05) is 13.7 Å². The predicted octanol–water partition coefficient (Wildman–Crippen LogP) is 0.610. The summed E-state index contributed by atoms with van der Waals surface area (Å²) in [5.41, 5.74) is 0. The molecule has 0 N–H and O–H groups in total. The van der Waals surface area contributed by atoms with Gasteiger partial charge in [0.1, 0.15) is 0 Å². The summed E-state index contributed by atoms with van der Waals surface area (Å²) in [6, 6.07) is 0. The molecule has 0 atom stereocenters. The molecule has 0 unspecified atom stereocenters. The Labute approximate surface area is 40.1 Å². The van der Waals surface area contributed by atoms with Crippen LogP contribution < -0.4 is 0 Å². The van der Waals surface area contributed by atoms with Crippen LogP contribution in [-0.2, 0) is 4.74 Å². The highest BCUT2D eigenvalue weighted by molar-refractivity contribution is 6.08. The van der Waals surface area contributed by atoms with E-state index in [-0.39, 0.29) is 0 Å². The van der Waals surface area contributed by atoms with Gasteiger partial charge >= 0.3 is 0 Å². The standard InChI is InChI=1S/C4H9BO/c1-6-4-2-3-5/h2-4H2,1H3. The van der Waals surface area contributed by atoms with Crippen LogP contribution in [0.3, 0.4) is 0 Å². The van der Waals surface area contributed by atoms with E-state index in [2.05, 4.69) is 0 Å². The molecule has 2 heteroatoms. The summed E-state index contributed by atoms with van der Waals surface area (Å²) in [7, 11) is 6.81. The first-order valence-electron chi connectivity index (χ1n) is 2.11. The lowest BCUT2D eigenvalue weighted by Crippen LogP contribution is -1.85. The number of methoxy groups -OCH3 is 1. The first kappa shape index (κ1) is 6.02. The van der Waals surface area contributed by atoms with E-state index >= 15 is 0 Å². The van der Waals surface area contributed by atoms with Crippen LogP contribution in [0.25, 0.3) is 0 Å². The molecule has 0 heterocycles. The van der Waals surface area contributed by atoms with Gasteiger partial charge in [-0.1, -0.05) is 6.32 Å². The molecule has 0 saturated carbocycles. The molecule has 0 aromatic heterocycles. The van der Waals surface area contributed by atoms with E-state index < -0.39 is 0 Å². The van der Waals surface area contributed by atoms with E-state index in [9.17, 15) is 0 Å². The highest BCUT2D eigenvalue weighted by atomic mass is 16.5. The van der Waals surface area contributed by atoms with Gasteiger partial charge in [-0.25, -0.2) is 0 Å². The first-order chi connectivity index (χ1) is 2.91. The van der Waals surface area contributed by atoms with Crippen molar-refractivity contribution in [2.24, 2.45) is 0 Å². The zero-order valence-corrected chi connectivity index (χ0v) is 4.11. The van der Waals surface area contributed by atoms with Crippen molar-refractivity contribution in [1.29, 1.82) is 0 Å². The number of ether oxygens (including phenoxy) is 1. The SMILES string of the molecule is [B]CCCOC. The molecule has 0 bridgehead atoms. The summed E-state index contributed by atoms with van der Waals surface area (Å²) < 4.78 is 4.70. The second-order valence-electron chi connectivity index (χ2n) is 1.14. The quantitative estimate of drug-likeness (QED) is 0.359. The summed E-state index contributed by atoms with van der Waals surface area (Å²) in [5, 5.41) is 0. The van der Waals surface area contributed by atoms with Crippen molar-refractivity contribution >= 4 is 7.85 Å². The Hall–Kier alpha value is 0.0249. The number of hydrogen-bond donors (Lipinski definition) is 0. The maximum Gasteiger partial charge on any atom is 0.0654 e. The van der Waals surface area contributed by atoms with Crippen molar-refractivity contribution < 1.29 is 4.74 Å². The Balaban J connectivity index is 2.34. The third-order valence-corrected chi connectivity index (χ3v) is 0.553. The van der Waals surface area contributed by atoms with E-state index in [4.69, 9.17) is 12.6 Å². The molecule has 0 aliphatic heterocycles. The summed E-state index contributed by atoms with van der Waals surface area (Å²) in [6.07, 6.45) is 1.70. The third kappa shape index (κ3) is 4.02. The highest BCUT2D eigenvalue weighted by Gasteiger charge is 1.74. The van der Waals surface area contributed by atoms with Gasteiger partial charge in [-0.15, -0.1) is 0 Å². The molecule has 0 aliphatic carbocycles.